The lowest BCUT2D eigenvalue weighted by atomic mass is 10.2. The second-order valence-corrected chi connectivity index (χ2v) is 4.88. The molecule has 0 fully saturated rings. The third-order valence-corrected chi connectivity index (χ3v) is 3.43. The Morgan fingerprint density at radius 2 is 2.13 bits per heavy atom. The fraction of sp³-hybridized carbons (Fsp3) is 0.0588. The highest BCUT2D eigenvalue weighted by Gasteiger charge is 2.09. The molecule has 3 rings (SSSR count). The average molecular weight is 309 g/mol. The van der Waals surface area contributed by atoms with Crippen LogP contribution in [0.1, 0.15) is 15.9 Å². The summed E-state index contributed by atoms with van der Waals surface area (Å²) >= 11 is 0. The molecule has 1 aromatic heterocycles. The highest BCUT2D eigenvalue weighted by atomic mass is 16.5. The maximum atomic E-state index is 12.0. The van der Waals surface area contributed by atoms with Crippen LogP contribution in [0.2, 0.25) is 0 Å². The Hall–Kier alpha value is -3.28. The molecule has 6 nitrogen and oxygen atoms in total. The summed E-state index contributed by atoms with van der Waals surface area (Å²) in [5, 5.41) is 14.5. The number of aromatic amines is 1. The molecular formula is C17H15N3O3. The number of nitrogens with zero attached hydrogens (tertiary/aromatic N) is 1. The van der Waals surface area contributed by atoms with Crippen molar-refractivity contribution in [3.8, 4) is 11.5 Å². The van der Waals surface area contributed by atoms with Gasteiger partial charge >= 0.3 is 0 Å². The van der Waals surface area contributed by atoms with Crippen LogP contribution in [0.4, 0.5) is 0 Å². The number of ether oxygens (including phenoxy) is 1. The van der Waals surface area contributed by atoms with Crippen molar-refractivity contribution in [3.05, 3.63) is 59.8 Å². The first-order valence-corrected chi connectivity index (χ1v) is 6.95. The van der Waals surface area contributed by atoms with Gasteiger partial charge in [-0.05, 0) is 24.3 Å². The lowest BCUT2D eigenvalue weighted by molar-refractivity contribution is 0.0955. The summed E-state index contributed by atoms with van der Waals surface area (Å²) in [7, 11) is 1.42. The number of para-hydroxylation sites is 1. The van der Waals surface area contributed by atoms with Gasteiger partial charge < -0.3 is 14.8 Å². The first kappa shape index (κ1) is 14.6. The van der Waals surface area contributed by atoms with Crippen LogP contribution in [-0.4, -0.2) is 29.3 Å². The number of aromatic nitrogens is 1. The maximum absolute atomic E-state index is 12.0. The number of rotatable bonds is 4. The molecule has 1 heterocycles. The van der Waals surface area contributed by atoms with Crippen molar-refractivity contribution in [2.75, 3.05) is 7.11 Å². The molecule has 3 aromatic rings. The molecule has 0 aliphatic carbocycles. The summed E-state index contributed by atoms with van der Waals surface area (Å²) in [6, 6.07) is 12.2. The number of aromatic hydroxyl groups is 1. The van der Waals surface area contributed by atoms with Crippen LogP contribution >= 0.6 is 0 Å². The van der Waals surface area contributed by atoms with E-state index < -0.39 is 0 Å². The first-order chi connectivity index (χ1) is 11.2. The van der Waals surface area contributed by atoms with Crippen molar-refractivity contribution < 1.29 is 14.6 Å². The monoisotopic (exact) mass is 309 g/mol. The summed E-state index contributed by atoms with van der Waals surface area (Å²) in [6.45, 7) is 0. The van der Waals surface area contributed by atoms with Gasteiger partial charge in [0.05, 0.1) is 13.3 Å². The quantitative estimate of drug-likeness (QED) is 0.511. The summed E-state index contributed by atoms with van der Waals surface area (Å²) < 4.78 is 4.97. The summed E-state index contributed by atoms with van der Waals surface area (Å²) in [5.41, 5.74) is 4.68. The molecular weight excluding hydrogens is 294 g/mol. The summed E-state index contributed by atoms with van der Waals surface area (Å²) in [5.74, 6) is -0.177. The Bertz CT molecular complexity index is 884. The molecule has 0 bridgehead atoms. The number of H-pyrrole nitrogens is 1. The molecule has 0 spiro atoms. The molecule has 23 heavy (non-hydrogen) atoms. The number of methoxy groups -OCH3 is 1. The van der Waals surface area contributed by atoms with Gasteiger partial charge in [-0.3, -0.25) is 4.79 Å². The van der Waals surface area contributed by atoms with Gasteiger partial charge in [0.1, 0.15) is 0 Å². The maximum Gasteiger partial charge on any atom is 0.271 e. The number of hydrogen-bond acceptors (Lipinski definition) is 4. The Balaban J connectivity index is 1.73. The lowest BCUT2D eigenvalue weighted by Gasteiger charge is -2.05. The fourth-order valence-corrected chi connectivity index (χ4v) is 2.24. The molecule has 0 aliphatic heterocycles. The van der Waals surface area contributed by atoms with Gasteiger partial charge in [-0.1, -0.05) is 18.2 Å². The Labute approximate surface area is 132 Å². The van der Waals surface area contributed by atoms with E-state index in [-0.39, 0.29) is 17.4 Å². The number of phenolic OH excluding ortho intramolecular Hbond substituents is 1. The molecule has 0 aliphatic rings. The van der Waals surface area contributed by atoms with Gasteiger partial charge in [0.2, 0.25) is 0 Å². The van der Waals surface area contributed by atoms with E-state index >= 15 is 0 Å². The minimum absolute atomic E-state index is 0.0219. The summed E-state index contributed by atoms with van der Waals surface area (Å²) in [6.07, 6.45) is 3.40. The predicted octanol–water partition coefficient (Wildman–Crippen LogP) is 2.65. The zero-order valence-corrected chi connectivity index (χ0v) is 12.4. The highest BCUT2D eigenvalue weighted by Crippen LogP contribution is 2.26. The van der Waals surface area contributed by atoms with Gasteiger partial charge in [-0.2, -0.15) is 5.10 Å². The van der Waals surface area contributed by atoms with Crippen molar-refractivity contribution in [2.45, 2.75) is 0 Å². The molecule has 0 radical (unpaired) electrons. The van der Waals surface area contributed by atoms with E-state index in [1.54, 1.807) is 6.21 Å². The number of amides is 1. The SMILES string of the molecule is COc1cc(C(=O)NN=Cc2c[nH]c3ccccc23)ccc1O. The minimum atomic E-state index is -0.389. The molecule has 3 N–H and O–H groups in total. The van der Waals surface area contributed by atoms with Gasteiger partial charge in [0.25, 0.3) is 5.91 Å². The van der Waals surface area contributed by atoms with E-state index in [2.05, 4.69) is 15.5 Å². The van der Waals surface area contributed by atoms with Gasteiger partial charge in [0, 0.05) is 28.2 Å². The molecule has 116 valence electrons. The third kappa shape index (κ3) is 3.01. The smallest absolute Gasteiger partial charge is 0.271 e. The molecule has 0 saturated heterocycles. The van der Waals surface area contributed by atoms with Crippen LogP contribution in [0.3, 0.4) is 0 Å². The van der Waals surface area contributed by atoms with Crippen molar-refractivity contribution in [1.29, 1.82) is 0 Å². The van der Waals surface area contributed by atoms with Crippen molar-refractivity contribution >= 4 is 23.0 Å². The molecule has 2 aromatic carbocycles. The Kier molecular flexibility index (Phi) is 3.97. The molecule has 1 amide bonds. The van der Waals surface area contributed by atoms with E-state index in [0.717, 1.165) is 16.5 Å². The number of hydrazone groups is 1. The van der Waals surface area contributed by atoms with Crippen LogP contribution in [0.15, 0.2) is 53.8 Å². The zero-order chi connectivity index (χ0) is 16.2. The van der Waals surface area contributed by atoms with Gasteiger partial charge in [-0.25, -0.2) is 5.43 Å². The average Bonchev–Trinajstić information content (AvgIpc) is 2.98. The second kappa shape index (κ2) is 6.23. The number of phenols is 1. The van der Waals surface area contributed by atoms with E-state index in [4.69, 9.17) is 4.74 Å². The predicted molar refractivity (Wildman–Crippen MR) is 88.0 cm³/mol. The number of carbonyl (C=O) groups is 1. The standard InChI is InChI=1S/C17H15N3O3/c1-23-16-8-11(6-7-15(16)21)17(22)20-19-10-12-9-18-14-5-3-2-4-13(12)14/h2-10,18,21H,1H3,(H,20,22). The zero-order valence-electron chi connectivity index (χ0n) is 12.4. The van der Waals surface area contributed by atoms with E-state index in [1.807, 2.05) is 30.5 Å². The van der Waals surface area contributed by atoms with Gasteiger partial charge in [0.15, 0.2) is 11.5 Å². The van der Waals surface area contributed by atoms with E-state index in [9.17, 15) is 9.90 Å². The number of carbonyl (C=O) groups excluding carboxylic acids is 1. The van der Waals surface area contributed by atoms with Crippen molar-refractivity contribution in [3.63, 3.8) is 0 Å². The minimum Gasteiger partial charge on any atom is -0.504 e. The third-order valence-electron chi connectivity index (χ3n) is 3.43. The van der Waals surface area contributed by atoms with Crippen LogP contribution < -0.4 is 10.2 Å². The highest BCUT2D eigenvalue weighted by molar-refractivity contribution is 6.00. The Morgan fingerprint density at radius 3 is 2.96 bits per heavy atom. The Morgan fingerprint density at radius 1 is 1.30 bits per heavy atom. The normalized spacial score (nSPS) is 11.0. The van der Waals surface area contributed by atoms with Crippen LogP contribution in [0, 0.1) is 0 Å². The first-order valence-electron chi connectivity index (χ1n) is 6.95. The lowest BCUT2D eigenvalue weighted by Crippen LogP contribution is -2.17. The van der Waals surface area contributed by atoms with Crippen molar-refractivity contribution in [2.24, 2.45) is 5.10 Å². The van der Waals surface area contributed by atoms with Crippen molar-refractivity contribution in [1.82, 2.24) is 10.4 Å². The number of fused-ring (bicyclic) bond motifs is 1. The topological polar surface area (TPSA) is 86.7 Å². The van der Waals surface area contributed by atoms with E-state index in [0.29, 0.717) is 5.56 Å². The largest absolute Gasteiger partial charge is 0.504 e. The summed E-state index contributed by atoms with van der Waals surface area (Å²) in [4.78, 5) is 15.2. The van der Waals surface area contributed by atoms with Gasteiger partial charge in [-0.15, -0.1) is 0 Å². The molecule has 0 unspecified atom stereocenters. The van der Waals surface area contributed by atoms with E-state index in [1.165, 1.54) is 25.3 Å². The van der Waals surface area contributed by atoms with Crippen LogP contribution in [0.5, 0.6) is 11.5 Å². The van der Waals surface area contributed by atoms with Crippen LogP contribution in [0.25, 0.3) is 10.9 Å². The number of hydrogen-bond donors (Lipinski definition) is 3. The molecule has 0 saturated carbocycles. The van der Waals surface area contributed by atoms with Crippen LogP contribution in [-0.2, 0) is 0 Å². The number of benzene rings is 2. The number of nitrogens with one attached hydrogen (secondary N) is 2. The molecule has 0 atom stereocenters. The second-order valence-electron chi connectivity index (χ2n) is 4.88. The molecule has 6 heteroatoms. The fourth-order valence-electron chi connectivity index (χ4n) is 2.24.